The maximum Gasteiger partial charge on any atom is 0.269 e. The Kier molecular flexibility index (Phi) is 5.29. The monoisotopic (exact) mass is 418 g/mol. The van der Waals surface area contributed by atoms with Crippen LogP contribution in [-0.2, 0) is 11.2 Å². The molecular weight excluding hydrogens is 396 g/mol. The number of carbonyl (C=O) groups is 1. The molecule has 1 unspecified atom stereocenters. The Morgan fingerprint density at radius 2 is 2.17 bits per heavy atom. The van der Waals surface area contributed by atoms with E-state index in [1.165, 1.54) is 5.56 Å². The molecule has 5 rings (SSSR count). The average Bonchev–Trinajstić information content (AvgIpc) is 3.55. The summed E-state index contributed by atoms with van der Waals surface area (Å²) >= 11 is 1.66. The van der Waals surface area contributed by atoms with Crippen molar-refractivity contribution in [2.45, 2.75) is 12.8 Å². The number of aromatic nitrogens is 3. The van der Waals surface area contributed by atoms with Crippen LogP contribution < -0.4 is 5.32 Å². The molecular formula is C23H22N4O2S. The quantitative estimate of drug-likeness (QED) is 0.517. The molecule has 0 aliphatic carbocycles. The number of carbonyl (C=O) groups excluding carboxylic acids is 1. The Morgan fingerprint density at radius 3 is 2.93 bits per heavy atom. The van der Waals surface area contributed by atoms with E-state index in [-0.39, 0.29) is 5.91 Å². The Bertz CT molecular complexity index is 1150. The third kappa shape index (κ3) is 3.99. The summed E-state index contributed by atoms with van der Waals surface area (Å²) < 4.78 is 8.36. The summed E-state index contributed by atoms with van der Waals surface area (Å²) in [6.07, 6.45) is 5.44. The summed E-state index contributed by atoms with van der Waals surface area (Å²) in [7, 11) is 0. The minimum Gasteiger partial charge on any atom is -0.381 e. The van der Waals surface area contributed by atoms with Gasteiger partial charge >= 0.3 is 0 Å². The first kappa shape index (κ1) is 19.0. The van der Waals surface area contributed by atoms with Crippen LogP contribution in [0.4, 0.5) is 0 Å². The van der Waals surface area contributed by atoms with Gasteiger partial charge in [0.25, 0.3) is 5.91 Å². The van der Waals surface area contributed by atoms with Crippen LogP contribution >= 0.6 is 11.3 Å². The molecule has 3 aromatic heterocycles. The van der Waals surface area contributed by atoms with Gasteiger partial charge in [-0.05, 0) is 59.7 Å². The summed E-state index contributed by atoms with van der Waals surface area (Å²) in [5.74, 6) is 0.275. The fourth-order valence-corrected chi connectivity index (χ4v) is 4.60. The minimum absolute atomic E-state index is 0.120. The summed E-state index contributed by atoms with van der Waals surface area (Å²) in [6.45, 7) is 2.13. The molecule has 1 saturated heterocycles. The van der Waals surface area contributed by atoms with Crippen LogP contribution in [0.3, 0.4) is 0 Å². The third-order valence-corrected chi connectivity index (χ3v) is 6.37. The Labute approximate surface area is 178 Å². The summed E-state index contributed by atoms with van der Waals surface area (Å²) in [6, 6.07) is 14.2. The van der Waals surface area contributed by atoms with Gasteiger partial charge in [-0.3, -0.25) is 4.79 Å². The summed E-state index contributed by atoms with van der Waals surface area (Å²) in [4.78, 5) is 17.3. The fourth-order valence-electron chi connectivity index (χ4n) is 3.75. The van der Waals surface area contributed by atoms with Gasteiger partial charge in [-0.1, -0.05) is 12.1 Å². The molecule has 0 bridgehead atoms. The molecule has 1 aliphatic rings. The maximum absolute atomic E-state index is 12.7. The maximum atomic E-state index is 12.7. The molecule has 0 radical (unpaired) electrons. The normalized spacial score (nSPS) is 16.2. The second-order valence-corrected chi connectivity index (χ2v) is 8.45. The zero-order valence-corrected chi connectivity index (χ0v) is 17.3. The number of nitrogens with one attached hydrogen (secondary N) is 1. The van der Waals surface area contributed by atoms with Gasteiger partial charge in [0.2, 0.25) is 0 Å². The Hall–Kier alpha value is -3.03. The molecule has 4 aromatic rings. The standard InChI is InChI=1S/C23H22N4O2S/c28-23(24-14-17-6-10-29-15-17)21-13-18(22-20(26-21)7-11-30-22)12-16-2-4-19(5-3-16)27-9-1-8-25-27/h1-5,7-9,11,13,17H,6,10,12,14-15H2,(H,24,28). The van der Waals surface area contributed by atoms with Gasteiger partial charge in [0.05, 0.1) is 22.5 Å². The second kappa shape index (κ2) is 8.38. The predicted octanol–water partition coefficient (Wildman–Crippen LogP) is 3.84. The van der Waals surface area contributed by atoms with E-state index in [0.29, 0.717) is 18.2 Å². The Morgan fingerprint density at radius 1 is 1.27 bits per heavy atom. The van der Waals surface area contributed by atoms with Crippen LogP contribution in [0.2, 0.25) is 0 Å². The SMILES string of the molecule is O=C(NCC1CCOC1)c1cc(Cc2ccc(-n3cccn3)cc2)c2sccc2n1. The lowest BCUT2D eigenvalue weighted by atomic mass is 10.0. The number of amides is 1. The van der Waals surface area contributed by atoms with Gasteiger partial charge in [-0.2, -0.15) is 5.10 Å². The minimum atomic E-state index is -0.120. The second-order valence-electron chi connectivity index (χ2n) is 7.54. The zero-order valence-electron chi connectivity index (χ0n) is 16.5. The summed E-state index contributed by atoms with van der Waals surface area (Å²) in [5, 5.41) is 9.32. The lowest BCUT2D eigenvalue weighted by Gasteiger charge is -2.11. The fraction of sp³-hybridized carbons (Fsp3) is 0.261. The smallest absolute Gasteiger partial charge is 0.269 e. The van der Waals surface area contributed by atoms with Crippen molar-refractivity contribution in [2.75, 3.05) is 19.8 Å². The number of rotatable bonds is 6. The third-order valence-electron chi connectivity index (χ3n) is 5.40. The number of fused-ring (bicyclic) bond motifs is 1. The van der Waals surface area contributed by atoms with E-state index < -0.39 is 0 Å². The van der Waals surface area contributed by atoms with Gasteiger partial charge in [0.15, 0.2) is 0 Å². The lowest BCUT2D eigenvalue weighted by molar-refractivity contribution is 0.0940. The van der Waals surface area contributed by atoms with Crippen molar-refractivity contribution in [1.29, 1.82) is 0 Å². The molecule has 1 aromatic carbocycles. The molecule has 152 valence electrons. The van der Waals surface area contributed by atoms with Crippen LogP contribution in [0.15, 0.2) is 60.2 Å². The molecule has 1 N–H and O–H groups in total. The molecule has 1 aliphatic heterocycles. The molecule has 6 nitrogen and oxygen atoms in total. The molecule has 0 spiro atoms. The van der Waals surface area contributed by atoms with Gasteiger partial charge in [0.1, 0.15) is 5.69 Å². The van der Waals surface area contributed by atoms with E-state index in [2.05, 4.69) is 39.7 Å². The lowest BCUT2D eigenvalue weighted by Crippen LogP contribution is -2.30. The largest absolute Gasteiger partial charge is 0.381 e. The number of ether oxygens (including phenoxy) is 1. The number of hydrogen-bond acceptors (Lipinski definition) is 5. The molecule has 7 heteroatoms. The molecule has 1 fully saturated rings. The van der Waals surface area contributed by atoms with E-state index in [1.54, 1.807) is 17.5 Å². The van der Waals surface area contributed by atoms with Crippen molar-refractivity contribution in [1.82, 2.24) is 20.1 Å². The molecule has 4 heterocycles. The molecule has 1 atom stereocenters. The highest BCUT2D eigenvalue weighted by Crippen LogP contribution is 2.27. The average molecular weight is 419 g/mol. The highest BCUT2D eigenvalue weighted by molar-refractivity contribution is 7.17. The van der Waals surface area contributed by atoms with Gasteiger partial charge in [-0.25, -0.2) is 9.67 Å². The number of pyridine rings is 1. The van der Waals surface area contributed by atoms with Crippen molar-refractivity contribution in [3.8, 4) is 5.69 Å². The predicted molar refractivity (Wildman–Crippen MR) is 117 cm³/mol. The van der Waals surface area contributed by atoms with Crippen molar-refractivity contribution in [3.63, 3.8) is 0 Å². The Balaban J connectivity index is 1.36. The van der Waals surface area contributed by atoms with Crippen molar-refractivity contribution in [2.24, 2.45) is 5.92 Å². The van der Waals surface area contributed by atoms with Crippen LogP contribution in [-0.4, -0.2) is 40.4 Å². The topological polar surface area (TPSA) is 69.0 Å². The molecule has 30 heavy (non-hydrogen) atoms. The van der Waals surface area contributed by atoms with E-state index in [9.17, 15) is 4.79 Å². The van der Waals surface area contributed by atoms with E-state index >= 15 is 0 Å². The number of hydrogen-bond donors (Lipinski definition) is 1. The van der Waals surface area contributed by atoms with Crippen LogP contribution in [0.5, 0.6) is 0 Å². The highest BCUT2D eigenvalue weighted by Gasteiger charge is 2.18. The van der Waals surface area contributed by atoms with E-state index in [0.717, 1.165) is 47.5 Å². The first-order chi connectivity index (χ1) is 14.8. The molecule has 1 amide bonds. The van der Waals surface area contributed by atoms with E-state index in [4.69, 9.17) is 4.74 Å². The van der Waals surface area contributed by atoms with Gasteiger partial charge < -0.3 is 10.1 Å². The number of benzene rings is 1. The van der Waals surface area contributed by atoms with Crippen molar-refractivity contribution < 1.29 is 9.53 Å². The number of nitrogens with zero attached hydrogens (tertiary/aromatic N) is 3. The van der Waals surface area contributed by atoms with Crippen molar-refractivity contribution in [3.05, 3.63) is 77.1 Å². The molecule has 0 saturated carbocycles. The van der Waals surface area contributed by atoms with Gasteiger partial charge in [-0.15, -0.1) is 11.3 Å². The van der Waals surface area contributed by atoms with Crippen LogP contribution in [0.1, 0.15) is 28.0 Å². The van der Waals surface area contributed by atoms with Crippen molar-refractivity contribution >= 4 is 27.5 Å². The first-order valence-corrected chi connectivity index (χ1v) is 11.0. The first-order valence-electron chi connectivity index (χ1n) is 10.1. The number of thiophene rings is 1. The van der Waals surface area contributed by atoms with Crippen LogP contribution in [0.25, 0.3) is 15.9 Å². The van der Waals surface area contributed by atoms with Gasteiger partial charge in [0, 0.05) is 31.5 Å². The van der Waals surface area contributed by atoms with Crippen LogP contribution in [0, 0.1) is 5.92 Å². The zero-order chi connectivity index (χ0) is 20.3. The summed E-state index contributed by atoms with van der Waals surface area (Å²) in [5.41, 5.74) is 4.68. The highest BCUT2D eigenvalue weighted by atomic mass is 32.1. The van der Waals surface area contributed by atoms with E-state index in [1.807, 2.05) is 34.5 Å².